The quantitative estimate of drug-likeness (QED) is 0.112. The van der Waals surface area contributed by atoms with E-state index in [0.29, 0.717) is 24.9 Å². The highest BCUT2D eigenvalue weighted by molar-refractivity contribution is 7.96. The predicted molar refractivity (Wildman–Crippen MR) is 157 cm³/mol. The van der Waals surface area contributed by atoms with Gasteiger partial charge in [0.1, 0.15) is 8.42 Å². The predicted octanol–water partition coefficient (Wildman–Crippen LogP) is 7.54. The molecule has 0 unspecified atom stereocenters. The second-order valence-electron chi connectivity index (χ2n) is 9.79. The maximum atomic E-state index is 12.8. The molecule has 1 aliphatic rings. The zero-order valence-corrected chi connectivity index (χ0v) is 25.3. The fourth-order valence-corrected chi connectivity index (χ4v) is 9.31. The Morgan fingerprint density at radius 3 is 2.24 bits per heavy atom. The number of sulfone groups is 1. The Bertz CT molecular complexity index is 1100. The standard InChI is InChI=1S/C28H46N2O4S3/c1-4-6-7-8-9-10-11-12-13-14-15-16-17-18-19-20-21-30-37(33,34)27-23-25-26(29-5-2)22-24(3)36(31,32)28(25)35-27/h9-10,12-13,21,23-24,26,29H,4-8,11,14-20,22H2,1-3H3/b10-9+,13-12-,30-21?/t24-,26-/m0/s1. The third kappa shape index (κ3) is 10.4. The van der Waals surface area contributed by atoms with Gasteiger partial charge in [0.15, 0.2) is 9.84 Å². The Hall–Kier alpha value is -1.29. The van der Waals surface area contributed by atoms with Crippen LogP contribution >= 0.6 is 11.3 Å². The van der Waals surface area contributed by atoms with E-state index >= 15 is 0 Å². The van der Waals surface area contributed by atoms with Crippen molar-refractivity contribution in [1.29, 1.82) is 0 Å². The van der Waals surface area contributed by atoms with Gasteiger partial charge in [0, 0.05) is 17.8 Å². The van der Waals surface area contributed by atoms with E-state index in [1.807, 2.05) is 6.92 Å². The van der Waals surface area contributed by atoms with E-state index < -0.39 is 25.1 Å². The summed E-state index contributed by atoms with van der Waals surface area (Å²) < 4.78 is 55.0. The number of hydrogen-bond acceptors (Lipinski definition) is 6. The molecular formula is C28H46N2O4S3. The first-order valence-electron chi connectivity index (χ1n) is 13.9. The van der Waals surface area contributed by atoms with Crippen LogP contribution in [0.25, 0.3) is 0 Å². The molecular weight excluding hydrogens is 525 g/mol. The molecule has 1 aromatic rings. The highest BCUT2D eigenvalue weighted by atomic mass is 32.3. The lowest BCUT2D eigenvalue weighted by Gasteiger charge is -2.27. The molecule has 0 saturated carbocycles. The van der Waals surface area contributed by atoms with E-state index in [1.165, 1.54) is 50.8 Å². The molecule has 0 bridgehead atoms. The SMILES string of the molecule is CCCCC/C=C/C/C=C\CCCCCCCC=NS(=O)(=O)c1cc2c(s1)S(=O)(=O)[C@@H](C)C[C@@H]2NCC. The number of sulfonamides is 1. The fraction of sp³-hybridized carbons (Fsp3) is 0.679. The molecule has 1 N–H and O–H groups in total. The summed E-state index contributed by atoms with van der Waals surface area (Å²) in [6, 6.07) is 1.34. The first-order chi connectivity index (χ1) is 17.7. The summed E-state index contributed by atoms with van der Waals surface area (Å²) in [5, 5.41) is 2.74. The molecule has 2 atom stereocenters. The van der Waals surface area contributed by atoms with Gasteiger partial charge in [-0.15, -0.1) is 11.3 Å². The number of thiophene rings is 1. The Morgan fingerprint density at radius 2 is 1.59 bits per heavy atom. The number of allylic oxidation sites excluding steroid dienone is 4. The normalized spacial score (nSPS) is 19.9. The van der Waals surface area contributed by atoms with Crippen LogP contribution in [0.2, 0.25) is 0 Å². The molecule has 1 aromatic heterocycles. The van der Waals surface area contributed by atoms with Crippen molar-refractivity contribution in [3.05, 3.63) is 35.9 Å². The van der Waals surface area contributed by atoms with Crippen LogP contribution in [0.4, 0.5) is 0 Å². The van der Waals surface area contributed by atoms with Crippen LogP contribution in [0.1, 0.15) is 116 Å². The molecule has 0 fully saturated rings. The lowest BCUT2D eigenvalue weighted by molar-refractivity contribution is 0.477. The van der Waals surface area contributed by atoms with Crippen LogP contribution in [0.15, 0.2) is 43.2 Å². The third-order valence-corrected chi connectivity index (χ3v) is 12.3. The van der Waals surface area contributed by atoms with Crippen molar-refractivity contribution in [2.75, 3.05) is 6.54 Å². The molecule has 2 heterocycles. The van der Waals surface area contributed by atoms with Gasteiger partial charge in [0.25, 0.3) is 10.0 Å². The Morgan fingerprint density at radius 1 is 0.973 bits per heavy atom. The molecule has 0 spiro atoms. The summed E-state index contributed by atoms with van der Waals surface area (Å²) in [6.07, 6.45) is 24.2. The van der Waals surface area contributed by atoms with E-state index in [-0.39, 0.29) is 14.5 Å². The van der Waals surface area contributed by atoms with Gasteiger partial charge in [0.05, 0.1) is 5.25 Å². The highest BCUT2D eigenvalue weighted by Crippen LogP contribution is 2.43. The molecule has 0 aromatic carbocycles. The number of fused-ring (bicyclic) bond motifs is 1. The van der Waals surface area contributed by atoms with Crippen molar-refractivity contribution >= 4 is 37.4 Å². The van der Waals surface area contributed by atoms with E-state index in [0.717, 1.165) is 43.4 Å². The Kier molecular flexibility index (Phi) is 14.3. The van der Waals surface area contributed by atoms with Crippen LogP contribution in [-0.4, -0.2) is 34.8 Å². The van der Waals surface area contributed by atoms with Crippen molar-refractivity contribution in [1.82, 2.24) is 5.32 Å². The van der Waals surface area contributed by atoms with Crippen molar-refractivity contribution in [2.24, 2.45) is 4.40 Å². The van der Waals surface area contributed by atoms with Crippen LogP contribution in [0.5, 0.6) is 0 Å². The largest absolute Gasteiger partial charge is 0.310 e. The molecule has 9 heteroatoms. The molecule has 6 nitrogen and oxygen atoms in total. The van der Waals surface area contributed by atoms with Gasteiger partial charge in [-0.25, -0.2) is 8.42 Å². The minimum absolute atomic E-state index is 0.00867. The first kappa shape index (κ1) is 31.9. The van der Waals surface area contributed by atoms with Gasteiger partial charge < -0.3 is 5.32 Å². The van der Waals surface area contributed by atoms with Crippen LogP contribution in [-0.2, 0) is 19.9 Å². The van der Waals surface area contributed by atoms with E-state index in [2.05, 4.69) is 40.9 Å². The summed E-state index contributed by atoms with van der Waals surface area (Å²) in [7, 11) is -7.41. The third-order valence-electron chi connectivity index (χ3n) is 6.64. The van der Waals surface area contributed by atoms with Crippen LogP contribution in [0, 0.1) is 0 Å². The van der Waals surface area contributed by atoms with E-state index in [9.17, 15) is 16.8 Å². The monoisotopic (exact) mass is 570 g/mol. The van der Waals surface area contributed by atoms with Gasteiger partial charge in [-0.2, -0.15) is 12.8 Å². The number of nitrogens with zero attached hydrogens (tertiary/aromatic N) is 1. The van der Waals surface area contributed by atoms with Crippen molar-refractivity contribution in [3.8, 4) is 0 Å². The topological polar surface area (TPSA) is 92.7 Å². The summed E-state index contributed by atoms with van der Waals surface area (Å²) in [5.74, 6) is 0. The summed E-state index contributed by atoms with van der Waals surface area (Å²) >= 11 is 0.833. The smallest absolute Gasteiger partial charge is 0.291 e. The highest BCUT2D eigenvalue weighted by Gasteiger charge is 2.39. The molecule has 0 saturated heterocycles. The lowest BCUT2D eigenvalue weighted by atomic mass is 10.1. The minimum Gasteiger partial charge on any atom is -0.310 e. The second kappa shape index (κ2) is 16.6. The van der Waals surface area contributed by atoms with Gasteiger partial charge in [-0.1, -0.05) is 70.3 Å². The van der Waals surface area contributed by atoms with E-state index in [1.54, 1.807) is 6.92 Å². The average molecular weight is 571 g/mol. The summed E-state index contributed by atoms with van der Waals surface area (Å²) in [6.45, 7) is 6.54. The maximum Gasteiger partial charge on any atom is 0.291 e. The molecule has 0 amide bonds. The summed E-state index contributed by atoms with van der Waals surface area (Å²) in [4.78, 5) is 0. The average Bonchev–Trinajstić information content (AvgIpc) is 3.33. The summed E-state index contributed by atoms with van der Waals surface area (Å²) in [5.41, 5.74) is 0.562. The first-order valence-corrected chi connectivity index (χ1v) is 17.7. The maximum absolute atomic E-state index is 12.8. The zero-order chi connectivity index (χ0) is 27.2. The van der Waals surface area contributed by atoms with E-state index in [4.69, 9.17) is 0 Å². The van der Waals surface area contributed by atoms with Crippen molar-refractivity contribution in [3.63, 3.8) is 0 Å². The van der Waals surface area contributed by atoms with Gasteiger partial charge in [0.2, 0.25) is 0 Å². The zero-order valence-electron chi connectivity index (χ0n) is 22.8. The molecule has 1 aliphatic heterocycles. The Balaban J connectivity index is 1.69. The molecule has 37 heavy (non-hydrogen) atoms. The number of unbranched alkanes of at least 4 members (excludes halogenated alkanes) is 9. The van der Waals surface area contributed by atoms with Crippen molar-refractivity contribution < 1.29 is 16.8 Å². The van der Waals surface area contributed by atoms with Gasteiger partial charge in [-0.05, 0) is 70.9 Å². The van der Waals surface area contributed by atoms with Crippen LogP contribution < -0.4 is 5.32 Å². The minimum atomic E-state index is -3.90. The lowest BCUT2D eigenvalue weighted by Crippen LogP contribution is -2.33. The fourth-order valence-electron chi connectivity index (χ4n) is 4.42. The van der Waals surface area contributed by atoms with Gasteiger partial charge >= 0.3 is 0 Å². The van der Waals surface area contributed by atoms with Gasteiger partial charge in [-0.3, -0.25) is 0 Å². The number of hydrogen-bond donors (Lipinski definition) is 1. The van der Waals surface area contributed by atoms with Crippen molar-refractivity contribution in [2.45, 2.75) is 124 Å². The molecule has 2 rings (SSSR count). The molecule has 210 valence electrons. The molecule has 0 radical (unpaired) electrons. The number of nitrogens with one attached hydrogen (secondary N) is 1. The molecule has 0 aliphatic carbocycles. The van der Waals surface area contributed by atoms with Crippen LogP contribution in [0.3, 0.4) is 0 Å². The number of rotatable bonds is 18. The second-order valence-corrected chi connectivity index (χ2v) is 15.3. The Labute approximate surface area is 229 Å².